The average Bonchev–Trinajstić information content (AvgIpc) is 2.85. The molecule has 0 saturated carbocycles. The molecule has 0 aliphatic rings. The zero-order valence-electron chi connectivity index (χ0n) is 20.7. The van der Waals surface area contributed by atoms with Crippen molar-refractivity contribution in [3.63, 3.8) is 0 Å². The summed E-state index contributed by atoms with van der Waals surface area (Å²) in [5, 5.41) is -0.00164. The molecule has 0 aromatic heterocycles. The van der Waals surface area contributed by atoms with Crippen LogP contribution < -0.4 is 9.47 Å². The highest BCUT2D eigenvalue weighted by Gasteiger charge is 2.21. The average molecular weight is 463 g/mol. The predicted octanol–water partition coefficient (Wildman–Crippen LogP) is 7.49. The number of rotatable bonds is 9. The Bertz CT molecular complexity index is 1110. The Labute approximate surface area is 202 Å². The van der Waals surface area contributed by atoms with Crippen molar-refractivity contribution in [3.8, 4) is 11.5 Å². The summed E-state index contributed by atoms with van der Waals surface area (Å²) >= 11 is 1.82. The minimum Gasteiger partial charge on any atom is -0.493 e. The first-order valence-corrected chi connectivity index (χ1v) is 12.3. The molecule has 0 amide bonds. The van der Waals surface area contributed by atoms with E-state index in [4.69, 9.17) is 9.47 Å². The van der Waals surface area contributed by atoms with Crippen molar-refractivity contribution in [2.24, 2.45) is 0 Å². The molecule has 0 aliphatic heterocycles. The third-order valence-corrected chi connectivity index (χ3v) is 8.13. The smallest absolute Gasteiger partial charge is 0.164 e. The normalized spacial score (nSPS) is 11.8. The highest BCUT2D eigenvalue weighted by molar-refractivity contribution is 7.98. The fourth-order valence-electron chi connectivity index (χ4n) is 4.21. The van der Waals surface area contributed by atoms with Crippen molar-refractivity contribution < 1.29 is 14.3 Å². The van der Waals surface area contributed by atoms with Crippen molar-refractivity contribution in [1.29, 1.82) is 0 Å². The molecule has 0 heterocycles. The Balaban J connectivity index is 1.95. The van der Waals surface area contributed by atoms with Gasteiger partial charge in [0.2, 0.25) is 0 Å². The van der Waals surface area contributed by atoms with Crippen molar-refractivity contribution >= 4 is 17.5 Å². The number of carbonyl (C=O) groups is 1. The van der Waals surface area contributed by atoms with Gasteiger partial charge in [0, 0.05) is 23.0 Å². The lowest BCUT2D eigenvalue weighted by Gasteiger charge is -2.22. The third kappa shape index (κ3) is 5.44. The molecule has 33 heavy (non-hydrogen) atoms. The SMILES string of the molecule is COc1ccc([C@@H](CC(=O)c2ccccc2)SCc2c(C)c(C)c(C)c(C)c2C)cc1OC. The van der Waals surface area contributed by atoms with E-state index in [0.29, 0.717) is 17.9 Å². The van der Waals surface area contributed by atoms with E-state index in [1.807, 2.05) is 60.3 Å². The molecule has 4 heteroatoms. The van der Waals surface area contributed by atoms with Crippen LogP contribution in [0, 0.1) is 34.6 Å². The summed E-state index contributed by atoms with van der Waals surface area (Å²) < 4.78 is 11.0. The van der Waals surface area contributed by atoms with Crippen LogP contribution in [0.5, 0.6) is 11.5 Å². The molecule has 174 valence electrons. The Morgan fingerprint density at radius 2 is 1.36 bits per heavy atom. The quantitative estimate of drug-likeness (QED) is 0.309. The molecule has 0 unspecified atom stereocenters. The van der Waals surface area contributed by atoms with Gasteiger partial charge in [0.05, 0.1) is 14.2 Å². The van der Waals surface area contributed by atoms with Gasteiger partial charge in [-0.3, -0.25) is 4.79 Å². The van der Waals surface area contributed by atoms with Crippen LogP contribution in [-0.2, 0) is 5.75 Å². The second-order valence-corrected chi connectivity index (χ2v) is 9.70. The first-order valence-electron chi connectivity index (χ1n) is 11.3. The van der Waals surface area contributed by atoms with Crippen LogP contribution in [-0.4, -0.2) is 20.0 Å². The lowest BCUT2D eigenvalue weighted by molar-refractivity contribution is 0.0982. The van der Waals surface area contributed by atoms with E-state index in [9.17, 15) is 4.79 Å². The first kappa shape index (κ1) is 24.9. The van der Waals surface area contributed by atoms with E-state index in [-0.39, 0.29) is 11.0 Å². The fourth-order valence-corrected chi connectivity index (χ4v) is 5.62. The van der Waals surface area contributed by atoms with Gasteiger partial charge in [-0.25, -0.2) is 0 Å². The fraction of sp³-hybridized carbons (Fsp3) is 0.345. The van der Waals surface area contributed by atoms with Crippen molar-refractivity contribution in [1.82, 2.24) is 0 Å². The number of methoxy groups -OCH3 is 2. The Hall–Kier alpha value is -2.72. The molecule has 3 aromatic carbocycles. The minimum absolute atomic E-state index is 0.00164. The van der Waals surface area contributed by atoms with E-state index in [1.165, 1.54) is 33.4 Å². The van der Waals surface area contributed by atoms with Gasteiger partial charge in [0.25, 0.3) is 0 Å². The minimum atomic E-state index is -0.00164. The predicted molar refractivity (Wildman–Crippen MR) is 139 cm³/mol. The Morgan fingerprint density at radius 1 is 0.788 bits per heavy atom. The molecular formula is C29H34O3S. The van der Waals surface area contributed by atoms with Gasteiger partial charge in [-0.1, -0.05) is 36.4 Å². The second-order valence-electron chi connectivity index (χ2n) is 8.51. The molecule has 0 saturated heterocycles. The van der Waals surface area contributed by atoms with Gasteiger partial charge in [-0.05, 0) is 85.7 Å². The maximum atomic E-state index is 13.1. The number of carbonyl (C=O) groups excluding carboxylic acids is 1. The van der Waals surface area contributed by atoms with Crippen molar-refractivity contribution in [2.45, 2.75) is 52.0 Å². The summed E-state index contributed by atoms with van der Waals surface area (Å²) in [6, 6.07) is 15.5. The first-order chi connectivity index (χ1) is 15.8. The highest BCUT2D eigenvalue weighted by Crippen LogP contribution is 2.41. The summed E-state index contributed by atoms with van der Waals surface area (Å²) in [5.74, 6) is 2.37. The largest absolute Gasteiger partial charge is 0.493 e. The molecule has 3 nitrogen and oxygen atoms in total. The summed E-state index contributed by atoms with van der Waals surface area (Å²) in [4.78, 5) is 13.1. The molecule has 3 aromatic rings. The number of ketones is 1. The third-order valence-electron chi connectivity index (χ3n) is 6.83. The molecule has 1 atom stereocenters. The van der Waals surface area contributed by atoms with Crippen molar-refractivity contribution in [2.75, 3.05) is 14.2 Å². The highest BCUT2D eigenvalue weighted by atomic mass is 32.2. The van der Waals surface area contributed by atoms with E-state index < -0.39 is 0 Å². The maximum Gasteiger partial charge on any atom is 0.164 e. The summed E-state index contributed by atoms with van der Waals surface area (Å²) in [7, 11) is 3.28. The molecule has 0 fully saturated rings. The number of thioether (sulfide) groups is 1. The number of hydrogen-bond acceptors (Lipinski definition) is 4. The maximum absolute atomic E-state index is 13.1. The standard InChI is InChI=1S/C29H34O3S/c1-18-19(2)21(4)25(22(5)20(18)3)17-33-29(16-26(30)23-11-9-8-10-12-23)24-13-14-27(31-6)28(15-24)32-7/h8-15,29H,16-17H2,1-7H3/t29-/m1/s1. The molecule has 0 bridgehead atoms. The Morgan fingerprint density at radius 3 is 1.94 bits per heavy atom. The molecule has 0 N–H and O–H groups in total. The molecule has 0 radical (unpaired) electrons. The van der Waals surface area contributed by atoms with Crippen LogP contribution in [0.15, 0.2) is 48.5 Å². The van der Waals surface area contributed by atoms with E-state index in [2.05, 4.69) is 34.6 Å². The zero-order chi connectivity index (χ0) is 24.1. The van der Waals surface area contributed by atoms with Crippen molar-refractivity contribution in [3.05, 3.63) is 93.0 Å². The van der Waals surface area contributed by atoms with Crippen LogP contribution in [0.1, 0.15) is 61.0 Å². The number of benzene rings is 3. The summed E-state index contributed by atoms with van der Waals surface area (Å²) in [6.45, 7) is 11.0. The lowest BCUT2D eigenvalue weighted by Crippen LogP contribution is -2.08. The van der Waals surface area contributed by atoms with E-state index >= 15 is 0 Å². The lowest BCUT2D eigenvalue weighted by atomic mass is 9.90. The molecule has 0 aliphatic carbocycles. The monoisotopic (exact) mass is 462 g/mol. The molecule has 0 spiro atoms. The number of Topliss-reactive ketones (excluding diaryl/α,β-unsaturated/α-hetero) is 1. The topological polar surface area (TPSA) is 35.5 Å². The number of hydrogen-bond donors (Lipinski definition) is 0. The number of ether oxygens (including phenoxy) is 2. The van der Waals surface area contributed by atoms with Gasteiger partial charge in [0.1, 0.15) is 0 Å². The van der Waals surface area contributed by atoms with Crippen LogP contribution in [0.4, 0.5) is 0 Å². The van der Waals surface area contributed by atoms with Crippen LogP contribution in [0.2, 0.25) is 0 Å². The van der Waals surface area contributed by atoms with Crippen LogP contribution >= 0.6 is 11.8 Å². The Kier molecular flexibility index (Phi) is 8.25. The van der Waals surface area contributed by atoms with Gasteiger partial charge in [-0.2, -0.15) is 0 Å². The van der Waals surface area contributed by atoms with E-state index in [0.717, 1.165) is 16.9 Å². The van der Waals surface area contributed by atoms with Crippen LogP contribution in [0.3, 0.4) is 0 Å². The summed E-state index contributed by atoms with van der Waals surface area (Å²) in [5.41, 5.74) is 9.98. The molecule has 3 rings (SSSR count). The van der Waals surface area contributed by atoms with Gasteiger partial charge in [-0.15, -0.1) is 11.8 Å². The van der Waals surface area contributed by atoms with Gasteiger partial charge >= 0.3 is 0 Å². The van der Waals surface area contributed by atoms with Gasteiger partial charge < -0.3 is 9.47 Å². The second kappa shape index (κ2) is 10.9. The summed E-state index contributed by atoms with van der Waals surface area (Å²) in [6.07, 6.45) is 0.423. The zero-order valence-corrected chi connectivity index (χ0v) is 21.6. The van der Waals surface area contributed by atoms with Crippen LogP contribution in [0.25, 0.3) is 0 Å². The van der Waals surface area contributed by atoms with E-state index in [1.54, 1.807) is 14.2 Å². The van der Waals surface area contributed by atoms with Gasteiger partial charge in [0.15, 0.2) is 17.3 Å². The molecular weight excluding hydrogens is 428 g/mol.